The van der Waals surface area contributed by atoms with Crippen LogP contribution in [0.1, 0.15) is 64.2 Å². The van der Waals surface area contributed by atoms with Crippen LogP contribution in [0, 0.1) is 6.92 Å². The number of carbonyl (C=O) groups is 3. The molecule has 0 bridgehead atoms. The van der Waals surface area contributed by atoms with Crippen LogP contribution >= 0.6 is 0 Å². The molecule has 0 saturated carbocycles. The fourth-order valence-corrected chi connectivity index (χ4v) is 3.50. The van der Waals surface area contributed by atoms with Crippen molar-refractivity contribution in [2.24, 2.45) is 0 Å². The molecule has 0 atom stereocenters. The zero-order chi connectivity index (χ0) is 16.4. The highest BCUT2D eigenvalue weighted by atomic mass is 16.2. The van der Waals surface area contributed by atoms with E-state index in [-0.39, 0.29) is 24.1 Å². The number of Topliss-reactive ketones (excluding diaryl/α,β-unsaturated/α-hetero) is 1. The minimum atomic E-state index is -0.310. The van der Waals surface area contributed by atoms with Gasteiger partial charge in [0.2, 0.25) is 5.91 Å². The Bertz CT molecular complexity index is 642. The second-order valence-electron chi connectivity index (χ2n) is 6.38. The summed E-state index contributed by atoms with van der Waals surface area (Å²) in [6.45, 7) is 3.36. The largest absolute Gasteiger partial charge is 0.354 e. The number of aromatic nitrogens is 1. The number of carbonyl (C=O) groups excluding carboxylic acids is 3. The Kier molecular flexibility index (Phi) is 4.50. The standard InChI is InChI=1S/C17H23N3O3/c1-11-15-12(6-5-7-13(15)21)19-16(11)17(23)18-10-14(22)20-8-3-2-4-9-20/h19H,2-10H2,1H3,(H,18,23). The molecular formula is C17H23N3O3. The van der Waals surface area contributed by atoms with Gasteiger partial charge in [0, 0.05) is 30.8 Å². The number of piperidine rings is 1. The highest BCUT2D eigenvalue weighted by molar-refractivity contribution is 6.04. The van der Waals surface area contributed by atoms with Crippen LogP contribution in [0.2, 0.25) is 0 Å². The van der Waals surface area contributed by atoms with Crippen LogP contribution in [0.3, 0.4) is 0 Å². The SMILES string of the molecule is Cc1c(C(=O)NCC(=O)N2CCCCC2)[nH]c2c1C(=O)CCC2. The third-order valence-corrected chi connectivity index (χ3v) is 4.77. The molecule has 1 aromatic heterocycles. The summed E-state index contributed by atoms with van der Waals surface area (Å²) in [5.41, 5.74) is 2.64. The van der Waals surface area contributed by atoms with E-state index < -0.39 is 0 Å². The van der Waals surface area contributed by atoms with Crippen molar-refractivity contribution in [3.8, 4) is 0 Å². The van der Waals surface area contributed by atoms with Crippen molar-refractivity contribution in [1.29, 1.82) is 0 Å². The molecular weight excluding hydrogens is 294 g/mol. The maximum absolute atomic E-state index is 12.4. The fraction of sp³-hybridized carbons (Fsp3) is 0.588. The molecule has 1 aromatic rings. The molecule has 0 radical (unpaired) electrons. The molecule has 2 N–H and O–H groups in total. The van der Waals surface area contributed by atoms with Gasteiger partial charge < -0.3 is 15.2 Å². The summed E-state index contributed by atoms with van der Waals surface area (Å²) >= 11 is 0. The summed E-state index contributed by atoms with van der Waals surface area (Å²) in [6.07, 6.45) is 5.38. The lowest BCUT2D eigenvalue weighted by molar-refractivity contribution is -0.130. The van der Waals surface area contributed by atoms with Gasteiger partial charge in [0.1, 0.15) is 5.69 Å². The summed E-state index contributed by atoms with van der Waals surface area (Å²) in [7, 11) is 0. The Labute approximate surface area is 135 Å². The van der Waals surface area contributed by atoms with Crippen LogP contribution in [0.15, 0.2) is 0 Å². The maximum atomic E-state index is 12.4. The Morgan fingerprint density at radius 1 is 1.13 bits per heavy atom. The normalized spacial score (nSPS) is 17.8. The summed E-state index contributed by atoms with van der Waals surface area (Å²) < 4.78 is 0. The molecule has 1 aliphatic heterocycles. The molecule has 6 nitrogen and oxygen atoms in total. The van der Waals surface area contributed by atoms with Gasteiger partial charge in [0.05, 0.1) is 6.54 Å². The Morgan fingerprint density at radius 3 is 2.57 bits per heavy atom. The number of rotatable bonds is 3. The van der Waals surface area contributed by atoms with E-state index >= 15 is 0 Å². The van der Waals surface area contributed by atoms with E-state index in [1.165, 1.54) is 0 Å². The number of amides is 2. The van der Waals surface area contributed by atoms with Crippen LogP contribution < -0.4 is 5.32 Å². The third kappa shape index (κ3) is 3.16. The van der Waals surface area contributed by atoms with E-state index in [0.717, 1.165) is 50.9 Å². The number of hydrogen-bond acceptors (Lipinski definition) is 3. The summed E-state index contributed by atoms with van der Waals surface area (Å²) in [5, 5.41) is 2.69. The number of nitrogens with zero attached hydrogens (tertiary/aromatic N) is 1. The number of ketones is 1. The number of hydrogen-bond donors (Lipinski definition) is 2. The first-order valence-electron chi connectivity index (χ1n) is 8.38. The van der Waals surface area contributed by atoms with Crippen molar-refractivity contribution in [3.63, 3.8) is 0 Å². The highest BCUT2D eigenvalue weighted by Crippen LogP contribution is 2.26. The van der Waals surface area contributed by atoms with E-state index in [0.29, 0.717) is 23.2 Å². The smallest absolute Gasteiger partial charge is 0.268 e. The van der Waals surface area contributed by atoms with E-state index in [1.54, 1.807) is 11.8 Å². The number of aryl methyl sites for hydroxylation is 1. The lowest BCUT2D eigenvalue weighted by Gasteiger charge is -2.26. The Balaban J connectivity index is 1.64. The average molecular weight is 317 g/mol. The number of likely N-dealkylation sites (tertiary alicyclic amines) is 1. The summed E-state index contributed by atoms with van der Waals surface area (Å²) in [4.78, 5) is 41.4. The predicted molar refractivity (Wildman–Crippen MR) is 85.6 cm³/mol. The Hall–Kier alpha value is -2.11. The fourth-order valence-electron chi connectivity index (χ4n) is 3.50. The van der Waals surface area contributed by atoms with Crippen molar-refractivity contribution in [1.82, 2.24) is 15.2 Å². The first-order valence-corrected chi connectivity index (χ1v) is 8.38. The third-order valence-electron chi connectivity index (χ3n) is 4.77. The number of H-pyrrole nitrogens is 1. The first kappa shape index (κ1) is 15.8. The molecule has 1 saturated heterocycles. The van der Waals surface area contributed by atoms with Crippen molar-refractivity contribution >= 4 is 17.6 Å². The molecule has 2 amide bonds. The van der Waals surface area contributed by atoms with Gasteiger partial charge in [-0.3, -0.25) is 14.4 Å². The van der Waals surface area contributed by atoms with Crippen molar-refractivity contribution in [3.05, 3.63) is 22.5 Å². The lowest BCUT2D eigenvalue weighted by atomic mass is 9.94. The van der Waals surface area contributed by atoms with Gasteiger partial charge >= 0.3 is 0 Å². The van der Waals surface area contributed by atoms with Gasteiger partial charge in [-0.1, -0.05) is 0 Å². The second-order valence-corrected chi connectivity index (χ2v) is 6.38. The molecule has 3 rings (SSSR count). The second kappa shape index (κ2) is 6.56. The quantitative estimate of drug-likeness (QED) is 0.888. The van der Waals surface area contributed by atoms with Crippen molar-refractivity contribution in [2.75, 3.05) is 19.6 Å². The zero-order valence-electron chi connectivity index (χ0n) is 13.5. The molecule has 0 spiro atoms. The highest BCUT2D eigenvalue weighted by Gasteiger charge is 2.26. The van der Waals surface area contributed by atoms with Gasteiger partial charge in [-0.25, -0.2) is 0 Å². The summed E-state index contributed by atoms with van der Waals surface area (Å²) in [5.74, 6) is -0.249. The van der Waals surface area contributed by atoms with Crippen molar-refractivity contribution in [2.45, 2.75) is 45.4 Å². The predicted octanol–water partition coefficient (Wildman–Crippen LogP) is 1.58. The Morgan fingerprint density at radius 2 is 1.87 bits per heavy atom. The molecule has 2 heterocycles. The van der Waals surface area contributed by atoms with Gasteiger partial charge in [-0.05, 0) is 44.6 Å². The summed E-state index contributed by atoms with van der Waals surface area (Å²) in [6, 6.07) is 0. The molecule has 1 aliphatic carbocycles. The molecule has 1 fully saturated rings. The van der Waals surface area contributed by atoms with Crippen LogP contribution in [0.25, 0.3) is 0 Å². The molecule has 0 aromatic carbocycles. The number of nitrogens with one attached hydrogen (secondary N) is 2. The number of aromatic amines is 1. The molecule has 6 heteroatoms. The molecule has 2 aliphatic rings. The van der Waals surface area contributed by atoms with E-state index in [1.807, 2.05) is 0 Å². The van der Waals surface area contributed by atoms with Crippen LogP contribution in [0.5, 0.6) is 0 Å². The topological polar surface area (TPSA) is 82.3 Å². The minimum absolute atomic E-state index is 0.00983. The minimum Gasteiger partial charge on any atom is -0.354 e. The lowest BCUT2D eigenvalue weighted by Crippen LogP contribution is -2.42. The van der Waals surface area contributed by atoms with Crippen LogP contribution in [-0.4, -0.2) is 47.1 Å². The van der Waals surface area contributed by atoms with Crippen LogP contribution in [0.4, 0.5) is 0 Å². The van der Waals surface area contributed by atoms with Gasteiger partial charge in [0.25, 0.3) is 5.91 Å². The van der Waals surface area contributed by atoms with E-state index in [4.69, 9.17) is 0 Å². The van der Waals surface area contributed by atoms with Gasteiger partial charge in [-0.15, -0.1) is 0 Å². The monoisotopic (exact) mass is 317 g/mol. The zero-order valence-corrected chi connectivity index (χ0v) is 13.5. The van der Waals surface area contributed by atoms with Crippen molar-refractivity contribution < 1.29 is 14.4 Å². The van der Waals surface area contributed by atoms with Crippen LogP contribution in [-0.2, 0) is 11.2 Å². The van der Waals surface area contributed by atoms with Gasteiger partial charge in [-0.2, -0.15) is 0 Å². The average Bonchev–Trinajstić information content (AvgIpc) is 2.91. The number of fused-ring (bicyclic) bond motifs is 1. The molecule has 23 heavy (non-hydrogen) atoms. The molecule has 0 unspecified atom stereocenters. The van der Waals surface area contributed by atoms with Gasteiger partial charge in [0.15, 0.2) is 5.78 Å². The molecule has 124 valence electrons. The van der Waals surface area contributed by atoms with E-state index in [2.05, 4.69) is 10.3 Å². The maximum Gasteiger partial charge on any atom is 0.268 e. The van der Waals surface area contributed by atoms with E-state index in [9.17, 15) is 14.4 Å². The first-order chi connectivity index (χ1) is 11.1.